The first-order valence-electron chi connectivity index (χ1n) is 6.10. The maximum atomic E-state index is 8.44. The Labute approximate surface area is 112 Å². The number of hydrogen-bond donors (Lipinski definition) is 2. The lowest BCUT2D eigenvalue weighted by Gasteiger charge is -2.14. The zero-order valence-corrected chi connectivity index (χ0v) is 10.8. The van der Waals surface area contributed by atoms with Crippen LogP contribution in [0.5, 0.6) is 5.75 Å². The molecule has 1 atom stereocenters. The molecular weight excluding hydrogens is 240 g/mol. The molecule has 0 aliphatic heterocycles. The summed E-state index contributed by atoms with van der Waals surface area (Å²) in [4.78, 5) is 0. The second kappa shape index (κ2) is 6.57. The highest BCUT2D eigenvalue weighted by atomic mass is 16.5. The number of nitrogens with zero attached hydrogens (tertiary/aromatic N) is 2. The van der Waals surface area contributed by atoms with Crippen molar-refractivity contribution in [2.75, 3.05) is 6.61 Å². The van der Waals surface area contributed by atoms with E-state index in [1.807, 2.05) is 36.5 Å². The third-order valence-electron chi connectivity index (χ3n) is 2.85. The lowest BCUT2D eigenvalue weighted by Crippen LogP contribution is -2.17. The van der Waals surface area contributed by atoms with E-state index in [4.69, 9.17) is 10.00 Å². The van der Waals surface area contributed by atoms with Crippen LogP contribution in [0, 0.1) is 11.3 Å². The lowest BCUT2D eigenvalue weighted by molar-refractivity contribution is 0.368. The molecule has 0 radical (unpaired) electrons. The van der Waals surface area contributed by atoms with E-state index in [1.165, 1.54) is 5.56 Å². The molecule has 0 bridgehead atoms. The third-order valence-corrected chi connectivity index (χ3v) is 2.85. The maximum Gasteiger partial charge on any atom is 0.174 e. The van der Waals surface area contributed by atoms with Gasteiger partial charge in [-0.05, 0) is 24.6 Å². The van der Waals surface area contributed by atoms with Crippen molar-refractivity contribution >= 4 is 0 Å². The molecule has 2 N–H and O–H groups in total. The average Bonchev–Trinajstić information content (AvgIpc) is 2.96. The summed E-state index contributed by atoms with van der Waals surface area (Å²) in [5.74, 6) is 0.715. The fraction of sp³-hybridized carbons (Fsp3) is 0.286. The van der Waals surface area contributed by atoms with Crippen LogP contribution in [0.2, 0.25) is 0 Å². The van der Waals surface area contributed by atoms with Crippen molar-refractivity contribution in [1.82, 2.24) is 15.5 Å². The van der Waals surface area contributed by atoms with Crippen molar-refractivity contribution in [2.24, 2.45) is 0 Å². The normalized spacial score (nSPS) is 11.8. The molecule has 0 aliphatic rings. The summed E-state index contributed by atoms with van der Waals surface area (Å²) < 4.78 is 5.21. The van der Waals surface area contributed by atoms with Gasteiger partial charge < -0.3 is 10.1 Å². The van der Waals surface area contributed by atoms with Crippen molar-refractivity contribution in [3.05, 3.63) is 47.8 Å². The van der Waals surface area contributed by atoms with Crippen LogP contribution in [0.25, 0.3) is 0 Å². The van der Waals surface area contributed by atoms with Crippen LogP contribution < -0.4 is 10.1 Å². The highest BCUT2D eigenvalue weighted by Crippen LogP contribution is 2.17. The van der Waals surface area contributed by atoms with Crippen molar-refractivity contribution in [2.45, 2.75) is 19.5 Å². The Balaban J connectivity index is 1.88. The number of ether oxygens (including phenoxy) is 1. The summed E-state index contributed by atoms with van der Waals surface area (Å²) in [7, 11) is 0. The Bertz CT molecular complexity index is 528. The summed E-state index contributed by atoms with van der Waals surface area (Å²) in [6.07, 6.45) is 3.68. The van der Waals surface area contributed by atoms with Crippen molar-refractivity contribution < 1.29 is 4.74 Å². The average molecular weight is 256 g/mol. The first-order valence-corrected chi connectivity index (χ1v) is 6.10. The number of rotatable bonds is 6. The molecule has 2 rings (SSSR count). The molecule has 5 nitrogen and oxygen atoms in total. The Morgan fingerprint density at radius 3 is 2.84 bits per heavy atom. The molecule has 0 saturated carbocycles. The minimum atomic E-state index is 0.0770. The van der Waals surface area contributed by atoms with Gasteiger partial charge in [-0.15, -0.1) is 0 Å². The van der Waals surface area contributed by atoms with Crippen LogP contribution in [-0.2, 0) is 6.54 Å². The predicted molar refractivity (Wildman–Crippen MR) is 71.4 cm³/mol. The van der Waals surface area contributed by atoms with Crippen molar-refractivity contribution in [3.8, 4) is 11.8 Å². The first-order chi connectivity index (χ1) is 9.29. The summed E-state index contributed by atoms with van der Waals surface area (Å²) in [5.41, 5.74) is 2.30. The number of hydrogen-bond acceptors (Lipinski definition) is 4. The largest absolute Gasteiger partial charge is 0.479 e. The molecule has 1 unspecified atom stereocenters. The van der Waals surface area contributed by atoms with Gasteiger partial charge >= 0.3 is 0 Å². The second-order valence-electron chi connectivity index (χ2n) is 4.22. The molecule has 1 aromatic carbocycles. The monoisotopic (exact) mass is 256 g/mol. The van der Waals surface area contributed by atoms with Gasteiger partial charge in [0.1, 0.15) is 11.8 Å². The summed E-state index contributed by atoms with van der Waals surface area (Å²) in [6.45, 7) is 2.95. The number of aromatic nitrogens is 2. The van der Waals surface area contributed by atoms with E-state index >= 15 is 0 Å². The van der Waals surface area contributed by atoms with E-state index in [1.54, 1.807) is 6.20 Å². The van der Waals surface area contributed by atoms with Gasteiger partial charge in [0.25, 0.3) is 0 Å². The molecule has 19 heavy (non-hydrogen) atoms. The van der Waals surface area contributed by atoms with E-state index in [2.05, 4.69) is 22.4 Å². The van der Waals surface area contributed by atoms with Crippen molar-refractivity contribution in [3.63, 3.8) is 0 Å². The highest BCUT2D eigenvalue weighted by molar-refractivity contribution is 5.29. The second-order valence-corrected chi connectivity index (χ2v) is 4.22. The molecule has 0 saturated heterocycles. The van der Waals surface area contributed by atoms with Gasteiger partial charge in [0, 0.05) is 24.3 Å². The van der Waals surface area contributed by atoms with E-state index in [-0.39, 0.29) is 12.6 Å². The maximum absolute atomic E-state index is 8.44. The first kappa shape index (κ1) is 13.1. The SMILES string of the molecule is CC(NCc1cn[nH]c1)c1ccc(OCC#N)cc1. The highest BCUT2D eigenvalue weighted by Gasteiger charge is 2.05. The van der Waals surface area contributed by atoms with Gasteiger partial charge in [-0.1, -0.05) is 12.1 Å². The fourth-order valence-corrected chi connectivity index (χ4v) is 1.73. The fourth-order valence-electron chi connectivity index (χ4n) is 1.73. The molecular formula is C14H16N4O. The standard InChI is InChI=1S/C14H16N4O/c1-11(16-8-12-9-17-18-10-12)13-2-4-14(5-3-13)19-7-6-15/h2-5,9-11,16H,7-8H2,1H3,(H,17,18). The minimum absolute atomic E-state index is 0.0770. The van der Waals surface area contributed by atoms with Gasteiger partial charge in [-0.2, -0.15) is 10.4 Å². The van der Waals surface area contributed by atoms with Gasteiger partial charge in [-0.25, -0.2) is 0 Å². The molecule has 98 valence electrons. The summed E-state index contributed by atoms with van der Waals surface area (Å²) in [5, 5.41) is 18.5. The van der Waals surface area contributed by atoms with Gasteiger partial charge in [0.05, 0.1) is 6.20 Å². The Morgan fingerprint density at radius 1 is 1.42 bits per heavy atom. The van der Waals surface area contributed by atoms with Crippen LogP contribution in [0.4, 0.5) is 0 Å². The molecule has 0 spiro atoms. The quantitative estimate of drug-likeness (QED) is 0.830. The molecule has 0 aliphatic carbocycles. The van der Waals surface area contributed by atoms with Gasteiger partial charge in [0.15, 0.2) is 6.61 Å². The summed E-state index contributed by atoms with van der Waals surface area (Å²) in [6, 6.07) is 9.94. The van der Waals surface area contributed by atoms with Gasteiger partial charge in [0.2, 0.25) is 0 Å². The molecule has 2 aromatic rings. The minimum Gasteiger partial charge on any atom is -0.479 e. The van der Waals surface area contributed by atoms with Gasteiger partial charge in [-0.3, -0.25) is 5.10 Å². The van der Waals surface area contributed by atoms with E-state index in [0.717, 1.165) is 12.1 Å². The van der Waals surface area contributed by atoms with Crippen LogP contribution in [0.3, 0.4) is 0 Å². The molecule has 1 heterocycles. The van der Waals surface area contributed by atoms with Crippen LogP contribution in [-0.4, -0.2) is 16.8 Å². The Hall–Kier alpha value is -2.32. The van der Waals surface area contributed by atoms with E-state index in [9.17, 15) is 0 Å². The molecule has 1 aromatic heterocycles. The van der Waals surface area contributed by atoms with Crippen LogP contribution in [0.1, 0.15) is 24.1 Å². The Morgan fingerprint density at radius 2 is 2.21 bits per heavy atom. The summed E-state index contributed by atoms with van der Waals surface area (Å²) >= 11 is 0. The van der Waals surface area contributed by atoms with E-state index < -0.39 is 0 Å². The number of nitriles is 1. The lowest BCUT2D eigenvalue weighted by atomic mass is 10.1. The molecule has 0 fully saturated rings. The number of H-pyrrole nitrogens is 1. The number of nitrogens with one attached hydrogen (secondary N) is 2. The number of aromatic amines is 1. The topological polar surface area (TPSA) is 73.7 Å². The van der Waals surface area contributed by atoms with Crippen molar-refractivity contribution in [1.29, 1.82) is 5.26 Å². The zero-order valence-electron chi connectivity index (χ0n) is 10.8. The third kappa shape index (κ3) is 3.83. The Kier molecular flexibility index (Phi) is 4.54. The van der Waals surface area contributed by atoms with Crippen LogP contribution >= 0.6 is 0 Å². The molecule has 0 amide bonds. The molecule has 5 heteroatoms. The predicted octanol–water partition coefficient (Wildman–Crippen LogP) is 2.16. The smallest absolute Gasteiger partial charge is 0.174 e. The zero-order chi connectivity index (χ0) is 13.5. The van der Waals surface area contributed by atoms with Crippen LogP contribution in [0.15, 0.2) is 36.7 Å². The van der Waals surface area contributed by atoms with E-state index in [0.29, 0.717) is 5.75 Å². The number of benzene rings is 1.